The van der Waals surface area contributed by atoms with Crippen LogP contribution < -0.4 is 15.8 Å². The summed E-state index contributed by atoms with van der Waals surface area (Å²) in [6, 6.07) is 13.5. The van der Waals surface area contributed by atoms with Gasteiger partial charge in [-0.2, -0.15) is 4.98 Å². The van der Waals surface area contributed by atoms with Gasteiger partial charge in [0.2, 0.25) is 5.95 Å². The minimum Gasteiger partial charge on any atom is -0.472 e. The molecule has 5 rings (SSSR count). The molecule has 0 radical (unpaired) electrons. The second-order valence-electron chi connectivity index (χ2n) is 7.58. The van der Waals surface area contributed by atoms with Crippen LogP contribution >= 0.6 is 0 Å². The zero-order valence-corrected chi connectivity index (χ0v) is 16.6. The predicted octanol–water partition coefficient (Wildman–Crippen LogP) is 4.17. The van der Waals surface area contributed by atoms with Gasteiger partial charge in [-0.25, -0.2) is 4.98 Å². The SMILES string of the molecule is O=c1ccc2cnc(Nc3ccc(N4CCCCC4)cc3)nc2n1Cc1ccoc1. The summed E-state index contributed by atoms with van der Waals surface area (Å²) in [6.07, 6.45) is 8.80. The number of benzene rings is 1. The number of fused-ring (bicyclic) bond motifs is 1. The van der Waals surface area contributed by atoms with Crippen molar-refractivity contribution in [3.63, 3.8) is 0 Å². The van der Waals surface area contributed by atoms with Gasteiger partial charge in [0.05, 0.1) is 19.1 Å². The Bertz CT molecular complexity index is 1190. The third-order valence-electron chi connectivity index (χ3n) is 5.49. The van der Waals surface area contributed by atoms with Crippen molar-refractivity contribution in [1.29, 1.82) is 0 Å². The molecule has 1 saturated heterocycles. The smallest absolute Gasteiger partial charge is 0.252 e. The van der Waals surface area contributed by atoms with Crippen molar-refractivity contribution < 1.29 is 4.42 Å². The van der Waals surface area contributed by atoms with E-state index in [0.717, 1.165) is 29.7 Å². The monoisotopic (exact) mass is 401 g/mol. The highest BCUT2D eigenvalue weighted by Crippen LogP contribution is 2.23. The average Bonchev–Trinajstić information content (AvgIpc) is 3.30. The van der Waals surface area contributed by atoms with Gasteiger partial charge in [0.25, 0.3) is 5.56 Å². The highest BCUT2D eigenvalue weighted by molar-refractivity contribution is 5.76. The second kappa shape index (κ2) is 8.02. The summed E-state index contributed by atoms with van der Waals surface area (Å²) in [4.78, 5) is 23.9. The zero-order valence-electron chi connectivity index (χ0n) is 16.6. The summed E-state index contributed by atoms with van der Waals surface area (Å²) < 4.78 is 6.76. The largest absolute Gasteiger partial charge is 0.472 e. The standard InChI is InChI=1S/C23H23N5O2/c29-21-9-4-18-14-24-23(26-22(18)28(21)15-17-10-13-30-16-17)25-19-5-7-20(8-6-19)27-11-2-1-3-12-27/h4-10,13-14,16H,1-3,11-12,15H2,(H,24,25,26). The third kappa shape index (κ3) is 3.78. The number of hydrogen-bond donors (Lipinski definition) is 1. The van der Waals surface area contributed by atoms with Crippen molar-refractivity contribution in [2.24, 2.45) is 0 Å². The molecule has 30 heavy (non-hydrogen) atoms. The molecule has 0 amide bonds. The molecule has 0 saturated carbocycles. The number of pyridine rings is 1. The van der Waals surface area contributed by atoms with Gasteiger partial charge >= 0.3 is 0 Å². The van der Waals surface area contributed by atoms with Crippen LogP contribution in [0.5, 0.6) is 0 Å². The molecule has 1 N–H and O–H groups in total. The van der Waals surface area contributed by atoms with Crippen molar-refractivity contribution in [1.82, 2.24) is 14.5 Å². The number of anilines is 3. The van der Waals surface area contributed by atoms with Gasteiger partial charge in [-0.15, -0.1) is 0 Å². The Labute approximate surface area is 174 Å². The van der Waals surface area contributed by atoms with E-state index in [1.807, 2.05) is 18.2 Å². The first-order valence-corrected chi connectivity index (χ1v) is 10.3. The second-order valence-corrected chi connectivity index (χ2v) is 7.58. The number of hydrogen-bond acceptors (Lipinski definition) is 6. The Morgan fingerprint density at radius 3 is 2.60 bits per heavy atom. The topological polar surface area (TPSA) is 76.2 Å². The molecule has 4 aromatic rings. The van der Waals surface area contributed by atoms with E-state index in [-0.39, 0.29) is 5.56 Å². The van der Waals surface area contributed by atoms with Crippen LogP contribution in [0.25, 0.3) is 11.0 Å². The van der Waals surface area contributed by atoms with E-state index < -0.39 is 0 Å². The average molecular weight is 401 g/mol. The molecule has 1 aliphatic rings. The first-order valence-electron chi connectivity index (χ1n) is 10.3. The molecule has 0 bridgehead atoms. The molecule has 0 aliphatic carbocycles. The normalized spacial score (nSPS) is 14.2. The van der Waals surface area contributed by atoms with Crippen molar-refractivity contribution >= 4 is 28.4 Å². The van der Waals surface area contributed by atoms with E-state index in [9.17, 15) is 4.79 Å². The van der Waals surface area contributed by atoms with Crippen LogP contribution in [-0.2, 0) is 6.54 Å². The molecule has 0 unspecified atom stereocenters. The first kappa shape index (κ1) is 18.4. The third-order valence-corrected chi connectivity index (χ3v) is 5.49. The quantitative estimate of drug-likeness (QED) is 0.541. The van der Waals surface area contributed by atoms with Crippen molar-refractivity contribution in [3.05, 3.63) is 77.1 Å². The Morgan fingerprint density at radius 2 is 1.83 bits per heavy atom. The van der Waals surface area contributed by atoms with Crippen molar-refractivity contribution in [2.45, 2.75) is 25.8 Å². The zero-order chi connectivity index (χ0) is 20.3. The van der Waals surface area contributed by atoms with E-state index in [0.29, 0.717) is 18.1 Å². The van der Waals surface area contributed by atoms with Gasteiger partial charge < -0.3 is 14.6 Å². The maximum atomic E-state index is 12.5. The number of rotatable bonds is 5. The molecule has 0 atom stereocenters. The summed E-state index contributed by atoms with van der Waals surface area (Å²) in [6.45, 7) is 2.64. The molecule has 1 aliphatic heterocycles. The fourth-order valence-corrected chi connectivity index (χ4v) is 3.89. The van der Waals surface area contributed by atoms with Crippen LogP contribution in [0.15, 0.2) is 70.4 Å². The van der Waals surface area contributed by atoms with Crippen LogP contribution in [0.1, 0.15) is 24.8 Å². The molecular formula is C23H23N5O2. The number of nitrogens with one attached hydrogen (secondary N) is 1. The number of nitrogens with zero attached hydrogens (tertiary/aromatic N) is 4. The number of piperidine rings is 1. The van der Waals surface area contributed by atoms with Gasteiger partial charge in [0.15, 0.2) is 0 Å². The van der Waals surface area contributed by atoms with Crippen LogP contribution in [0.4, 0.5) is 17.3 Å². The Morgan fingerprint density at radius 1 is 1.00 bits per heavy atom. The molecule has 4 heterocycles. The predicted molar refractivity (Wildman–Crippen MR) is 117 cm³/mol. The Balaban J connectivity index is 1.41. The van der Waals surface area contributed by atoms with Crippen molar-refractivity contribution in [2.75, 3.05) is 23.3 Å². The lowest BCUT2D eigenvalue weighted by atomic mass is 10.1. The minimum atomic E-state index is -0.112. The Hall–Kier alpha value is -3.61. The molecule has 152 valence electrons. The highest BCUT2D eigenvalue weighted by atomic mass is 16.3. The lowest BCUT2D eigenvalue weighted by Gasteiger charge is -2.28. The Kier molecular flexibility index (Phi) is 4.93. The lowest BCUT2D eigenvalue weighted by molar-refractivity contribution is 0.562. The fourth-order valence-electron chi connectivity index (χ4n) is 3.89. The van der Waals surface area contributed by atoms with E-state index >= 15 is 0 Å². The maximum absolute atomic E-state index is 12.5. The van der Waals surface area contributed by atoms with E-state index in [4.69, 9.17) is 4.42 Å². The highest BCUT2D eigenvalue weighted by Gasteiger charge is 2.11. The summed E-state index contributed by atoms with van der Waals surface area (Å²) in [5.74, 6) is 0.458. The van der Waals surface area contributed by atoms with Gasteiger partial charge in [-0.1, -0.05) is 0 Å². The van der Waals surface area contributed by atoms with Crippen LogP contribution in [0, 0.1) is 0 Å². The summed E-state index contributed by atoms with van der Waals surface area (Å²) in [5, 5.41) is 4.07. The molecule has 1 fully saturated rings. The first-order chi connectivity index (χ1) is 14.8. The summed E-state index contributed by atoms with van der Waals surface area (Å²) in [7, 11) is 0. The van der Waals surface area contributed by atoms with Crippen molar-refractivity contribution in [3.8, 4) is 0 Å². The summed E-state index contributed by atoms with van der Waals surface area (Å²) >= 11 is 0. The van der Waals surface area contributed by atoms with Gasteiger partial charge in [0, 0.05) is 47.7 Å². The minimum absolute atomic E-state index is 0.112. The van der Waals surface area contributed by atoms with Gasteiger partial charge in [-0.05, 0) is 55.7 Å². The maximum Gasteiger partial charge on any atom is 0.252 e. The fraction of sp³-hybridized carbons (Fsp3) is 0.261. The lowest BCUT2D eigenvalue weighted by Crippen LogP contribution is -2.29. The van der Waals surface area contributed by atoms with Crippen LogP contribution in [0.2, 0.25) is 0 Å². The van der Waals surface area contributed by atoms with Gasteiger partial charge in [-0.3, -0.25) is 9.36 Å². The molecule has 1 aromatic carbocycles. The number of aromatic nitrogens is 3. The van der Waals surface area contributed by atoms with E-state index in [1.54, 1.807) is 29.4 Å². The van der Waals surface area contributed by atoms with Crippen LogP contribution in [-0.4, -0.2) is 27.6 Å². The molecule has 0 spiro atoms. The van der Waals surface area contributed by atoms with Crippen LogP contribution in [0.3, 0.4) is 0 Å². The van der Waals surface area contributed by atoms with Gasteiger partial charge in [0.1, 0.15) is 5.65 Å². The van der Waals surface area contributed by atoms with E-state index in [1.165, 1.54) is 31.0 Å². The summed E-state index contributed by atoms with van der Waals surface area (Å²) in [5.41, 5.74) is 3.54. The molecule has 7 heteroatoms. The molecule has 7 nitrogen and oxygen atoms in total. The number of furan rings is 1. The molecule has 3 aromatic heterocycles. The molecular weight excluding hydrogens is 378 g/mol. The van der Waals surface area contributed by atoms with E-state index in [2.05, 4.69) is 32.3 Å².